The molecule has 2 N–H and O–H groups in total. The molecule has 0 aromatic carbocycles. The molecule has 0 aromatic rings. The van der Waals surface area contributed by atoms with Crippen molar-refractivity contribution in [1.29, 1.82) is 0 Å². The number of piperazine rings is 1. The van der Waals surface area contributed by atoms with Crippen LogP contribution in [0.3, 0.4) is 0 Å². The van der Waals surface area contributed by atoms with Gasteiger partial charge in [0.05, 0.1) is 6.54 Å². The molecule has 0 radical (unpaired) electrons. The lowest BCUT2D eigenvalue weighted by Gasteiger charge is -2.34. The summed E-state index contributed by atoms with van der Waals surface area (Å²) in [6.45, 7) is 9.44. The first-order valence-electron chi connectivity index (χ1n) is 9.10. The molecule has 2 aliphatic heterocycles. The molecule has 0 saturated carbocycles. The third kappa shape index (κ3) is 8.57. The molecule has 2 fully saturated rings. The van der Waals surface area contributed by atoms with E-state index >= 15 is 0 Å². The first kappa shape index (κ1) is 23.7. The maximum absolute atomic E-state index is 12.4. The highest BCUT2D eigenvalue weighted by Gasteiger charge is 2.34. The van der Waals surface area contributed by atoms with Crippen molar-refractivity contribution in [2.75, 3.05) is 72.5 Å². The van der Waals surface area contributed by atoms with Crippen molar-refractivity contribution in [3.63, 3.8) is 0 Å². The lowest BCUT2D eigenvalue weighted by atomic mass is 10.3. The van der Waals surface area contributed by atoms with E-state index < -0.39 is 12.7 Å². The average molecular weight is 492 g/mol. The summed E-state index contributed by atoms with van der Waals surface area (Å²) in [7, 11) is 1.69. The Morgan fingerprint density at radius 3 is 2.31 bits per heavy atom. The average Bonchev–Trinajstić information content (AvgIpc) is 2.99. The van der Waals surface area contributed by atoms with Gasteiger partial charge in [-0.1, -0.05) is 6.92 Å². The largest absolute Gasteiger partial charge is 0.401 e. The van der Waals surface area contributed by atoms with Gasteiger partial charge in [0.25, 0.3) is 0 Å². The lowest BCUT2D eigenvalue weighted by Crippen LogP contribution is -2.50. The fraction of sp³-hybridized carbons (Fsp3) is 0.938. The highest BCUT2D eigenvalue weighted by molar-refractivity contribution is 14.0. The Morgan fingerprint density at radius 1 is 1.08 bits per heavy atom. The molecule has 1 unspecified atom stereocenters. The number of likely N-dealkylation sites (N-methyl/N-ethyl adjacent to an activating group) is 1. The molecule has 0 aliphatic carbocycles. The van der Waals surface area contributed by atoms with E-state index in [9.17, 15) is 13.2 Å². The fourth-order valence-corrected chi connectivity index (χ4v) is 3.40. The van der Waals surface area contributed by atoms with Gasteiger partial charge in [-0.15, -0.1) is 24.0 Å². The van der Waals surface area contributed by atoms with Crippen LogP contribution in [-0.2, 0) is 0 Å². The minimum Gasteiger partial charge on any atom is -0.355 e. The van der Waals surface area contributed by atoms with Crippen molar-refractivity contribution in [3.05, 3.63) is 0 Å². The first-order chi connectivity index (χ1) is 11.9. The number of hydrogen-bond donors (Lipinski definition) is 2. The second kappa shape index (κ2) is 11.5. The second-order valence-electron chi connectivity index (χ2n) is 6.76. The summed E-state index contributed by atoms with van der Waals surface area (Å²) in [6.07, 6.45) is -3.42. The van der Waals surface area contributed by atoms with E-state index in [0.29, 0.717) is 25.5 Å². The van der Waals surface area contributed by atoms with Gasteiger partial charge in [0.15, 0.2) is 5.96 Å². The van der Waals surface area contributed by atoms with Gasteiger partial charge in [-0.05, 0) is 13.0 Å². The summed E-state index contributed by atoms with van der Waals surface area (Å²) >= 11 is 0. The van der Waals surface area contributed by atoms with Crippen LogP contribution in [0.5, 0.6) is 0 Å². The van der Waals surface area contributed by atoms with Crippen molar-refractivity contribution in [2.45, 2.75) is 25.6 Å². The SMILES string of the molecule is CCN1CCN(CCNC(=NC)NC2CCN(CC(F)(F)F)C2)CC1.I. The topological polar surface area (TPSA) is 46.1 Å². The number of alkyl halides is 3. The molecule has 0 aromatic heterocycles. The highest BCUT2D eigenvalue weighted by Crippen LogP contribution is 2.19. The minimum absolute atomic E-state index is 0. The van der Waals surface area contributed by atoms with Crippen LogP contribution in [0.4, 0.5) is 13.2 Å². The number of guanidine groups is 1. The third-order valence-electron chi connectivity index (χ3n) is 4.87. The number of rotatable bonds is 6. The predicted molar refractivity (Wildman–Crippen MR) is 109 cm³/mol. The maximum Gasteiger partial charge on any atom is 0.401 e. The molecule has 0 bridgehead atoms. The Bertz CT molecular complexity index is 427. The molecule has 0 spiro atoms. The number of aliphatic imine (C=N–C) groups is 1. The van der Waals surface area contributed by atoms with E-state index in [1.165, 1.54) is 4.90 Å². The zero-order chi connectivity index (χ0) is 18.3. The smallest absolute Gasteiger partial charge is 0.355 e. The van der Waals surface area contributed by atoms with Gasteiger partial charge >= 0.3 is 6.18 Å². The van der Waals surface area contributed by atoms with Gasteiger partial charge in [0.2, 0.25) is 0 Å². The van der Waals surface area contributed by atoms with Crippen molar-refractivity contribution < 1.29 is 13.2 Å². The molecular weight excluding hydrogens is 460 g/mol. The number of halogens is 4. The molecule has 2 saturated heterocycles. The zero-order valence-electron chi connectivity index (χ0n) is 15.7. The van der Waals surface area contributed by atoms with E-state index in [4.69, 9.17) is 0 Å². The molecule has 154 valence electrons. The Hall–Kier alpha value is -0.330. The summed E-state index contributed by atoms with van der Waals surface area (Å²) in [5, 5.41) is 6.51. The van der Waals surface area contributed by atoms with Crippen molar-refractivity contribution in [2.24, 2.45) is 4.99 Å². The normalized spacial score (nSPS) is 23.7. The van der Waals surface area contributed by atoms with Crippen molar-refractivity contribution in [3.8, 4) is 0 Å². The molecule has 2 rings (SSSR count). The number of nitrogens with one attached hydrogen (secondary N) is 2. The minimum atomic E-state index is -4.13. The van der Waals surface area contributed by atoms with Gasteiger partial charge in [-0.3, -0.25) is 14.8 Å². The van der Waals surface area contributed by atoms with E-state index in [1.807, 2.05) is 0 Å². The number of nitrogens with zero attached hydrogens (tertiary/aromatic N) is 4. The molecule has 2 aliphatic rings. The molecule has 2 heterocycles. The molecule has 6 nitrogen and oxygen atoms in total. The van der Waals surface area contributed by atoms with Crippen LogP contribution < -0.4 is 10.6 Å². The van der Waals surface area contributed by atoms with E-state index in [-0.39, 0.29) is 30.0 Å². The summed E-state index contributed by atoms with van der Waals surface area (Å²) in [4.78, 5) is 10.5. The quantitative estimate of drug-likeness (QED) is 0.330. The van der Waals surface area contributed by atoms with Gasteiger partial charge in [0, 0.05) is 65.4 Å². The van der Waals surface area contributed by atoms with Gasteiger partial charge in [-0.2, -0.15) is 13.2 Å². The van der Waals surface area contributed by atoms with E-state index in [0.717, 1.165) is 45.8 Å². The Morgan fingerprint density at radius 2 is 1.73 bits per heavy atom. The summed E-state index contributed by atoms with van der Waals surface area (Å²) in [5.41, 5.74) is 0. The summed E-state index contributed by atoms with van der Waals surface area (Å²) < 4.78 is 37.3. The van der Waals surface area contributed by atoms with Crippen LogP contribution >= 0.6 is 24.0 Å². The predicted octanol–water partition coefficient (Wildman–Crippen LogP) is 1.04. The molecule has 1 atom stereocenters. The fourth-order valence-electron chi connectivity index (χ4n) is 3.40. The molecule has 10 heteroatoms. The van der Waals surface area contributed by atoms with E-state index in [2.05, 4.69) is 32.3 Å². The molecular formula is C16H32F3IN6. The van der Waals surface area contributed by atoms with Gasteiger partial charge < -0.3 is 15.5 Å². The monoisotopic (exact) mass is 492 g/mol. The van der Waals surface area contributed by atoms with Crippen molar-refractivity contribution >= 4 is 29.9 Å². The molecule has 26 heavy (non-hydrogen) atoms. The van der Waals surface area contributed by atoms with E-state index in [1.54, 1.807) is 7.05 Å². The van der Waals surface area contributed by atoms with Crippen LogP contribution in [0.15, 0.2) is 4.99 Å². The summed E-state index contributed by atoms with van der Waals surface area (Å²) in [6, 6.07) is 0.0154. The zero-order valence-corrected chi connectivity index (χ0v) is 18.0. The van der Waals surface area contributed by atoms with Crippen LogP contribution in [0.25, 0.3) is 0 Å². The number of hydrogen-bond acceptors (Lipinski definition) is 4. The maximum atomic E-state index is 12.4. The van der Waals surface area contributed by atoms with Gasteiger partial charge in [-0.25, -0.2) is 0 Å². The Kier molecular flexibility index (Phi) is 10.5. The van der Waals surface area contributed by atoms with Gasteiger partial charge in [0.1, 0.15) is 0 Å². The molecule has 0 amide bonds. The van der Waals surface area contributed by atoms with Crippen LogP contribution in [0.1, 0.15) is 13.3 Å². The third-order valence-corrected chi connectivity index (χ3v) is 4.87. The lowest BCUT2D eigenvalue weighted by molar-refractivity contribution is -0.143. The van der Waals surface area contributed by atoms with Crippen LogP contribution in [0.2, 0.25) is 0 Å². The standard InChI is InChI=1S/C16H31F3N6.HI/c1-3-23-8-10-24(11-9-23)7-5-21-15(20-2)22-14-4-6-25(12-14)13-16(17,18)19;/h14H,3-13H2,1-2H3,(H2,20,21,22);1H. The van der Waals surface area contributed by atoms with Crippen molar-refractivity contribution in [1.82, 2.24) is 25.3 Å². The number of likely N-dealkylation sites (tertiary alicyclic amines) is 1. The van der Waals surface area contributed by atoms with Crippen LogP contribution in [0, 0.1) is 0 Å². The Balaban J connectivity index is 0.00000338. The Labute approximate surface area is 171 Å². The van der Waals surface area contributed by atoms with Crippen LogP contribution in [-0.4, -0.2) is 105 Å². The summed E-state index contributed by atoms with van der Waals surface area (Å²) in [5.74, 6) is 0.672. The first-order valence-corrected chi connectivity index (χ1v) is 9.10. The highest BCUT2D eigenvalue weighted by atomic mass is 127. The second-order valence-corrected chi connectivity index (χ2v) is 6.76.